The van der Waals surface area contributed by atoms with Crippen molar-refractivity contribution in [2.24, 2.45) is 0 Å². The summed E-state index contributed by atoms with van der Waals surface area (Å²) in [4.78, 5) is 22.9. The van der Waals surface area contributed by atoms with E-state index in [0.29, 0.717) is 43.2 Å². The number of imidazole rings is 1. The van der Waals surface area contributed by atoms with Crippen molar-refractivity contribution >= 4 is 28.7 Å². The summed E-state index contributed by atoms with van der Waals surface area (Å²) in [7, 11) is 0. The Morgan fingerprint density at radius 3 is 2.93 bits per heavy atom. The predicted molar refractivity (Wildman–Crippen MR) is 99.3 cm³/mol. The number of carbonyl (C=O) groups excluding carboxylic acids is 1. The van der Waals surface area contributed by atoms with E-state index < -0.39 is 0 Å². The molecule has 0 bridgehead atoms. The number of ether oxygens (including phenoxy) is 1. The molecule has 1 aliphatic heterocycles. The van der Waals surface area contributed by atoms with E-state index in [4.69, 9.17) is 19.0 Å². The van der Waals surface area contributed by atoms with Gasteiger partial charge in [0, 0.05) is 19.3 Å². The molecule has 0 spiro atoms. The van der Waals surface area contributed by atoms with Crippen LogP contribution in [0.5, 0.6) is 0 Å². The fourth-order valence-electron chi connectivity index (χ4n) is 3.13. The van der Waals surface area contributed by atoms with Gasteiger partial charge in [0.05, 0.1) is 23.5 Å². The third kappa shape index (κ3) is 2.70. The highest BCUT2D eigenvalue weighted by Gasteiger charge is 2.21. The van der Waals surface area contributed by atoms with Crippen LogP contribution in [0.25, 0.3) is 27.9 Å². The molecule has 0 aliphatic carbocycles. The molecule has 2 N–H and O–H groups in total. The number of nitrogens with two attached hydrogens (primary N) is 1. The SMILES string of the molecule is [2H]c1c(-c2ccc3ncc(C(=O)N4CCOCC4)n3c2)c([2H])c2nc(N)oc2c1[2H]. The highest BCUT2D eigenvalue weighted by molar-refractivity contribution is 5.93. The monoisotopic (exact) mass is 366 g/mol. The van der Waals surface area contributed by atoms with Gasteiger partial charge in [-0.2, -0.15) is 4.98 Å². The van der Waals surface area contributed by atoms with Crippen LogP contribution in [-0.2, 0) is 4.74 Å². The maximum Gasteiger partial charge on any atom is 0.292 e. The van der Waals surface area contributed by atoms with Crippen molar-refractivity contribution in [3.05, 3.63) is 48.3 Å². The number of oxazole rings is 1. The molecule has 0 atom stereocenters. The van der Waals surface area contributed by atoms with Gasteiger partial charge in [-0.1, -0.05) is 6.04 Å². The van der Waals surface area contributed by atoms with E-state index in [1.165, 1.54) is 6.20 Å². The summed E-state index contributed by atoms with van der Waals surface area (Å²) in [5, 5.41) is 0. The molecule has 0 unspecified atom stereocenters. The molecule has 4 aromatic rings. The first-order valence-corrected chi connectivity index (χ1v) is 8.46. The van der Waals surface area contributed by atoms with Crippen molar-refractivity contribution < 1.29 is 18.1 Å². The van der Waals surface area contributed by atoms with Gasteiger partial charge < -0.3 is 19.8 Å². The lowest BCUT2D eigenvalue weighted by molar-refractivity contribution is 0.0298. The molecule has 1 saturated heterocycles. The summed E-state index contributed by atoms with van der Waals surface area (Å²) >= 11 is 0. The van der Waals surface area contributed by atoms with Crippen molar-refractivity contribution in [2.45, 2.75) is 0 Å². The summed E-state index contributed by atoms with van der Waals surface area (Å²) in [5.74, 6) is -0.166. The summed E-state index contributed by atoms with van der Waals surface area (Å²) in [6.07, 6.45) is 3.16. The van der Waals surface area contributed by atoms with Gasteiger partial charge in [-0.3, -0.25) is 9.20 Å². The second-order valence-electron chi connectivity index (χ2n) is 6.17. The minimum Gasteiger partial charge on any atom is -0.424 e. The number of hydrogen-bond acceptors (Lipinski definition) is 6. The number of morpholine rings is 1. The number of nitrogens with zero attached hydrogens (tertiary/aromatic N) is 4. The second-order valence-corrected chi connectivity index (χ2v) is 6.17. The zero-order valence-electron chi connectivity index (χ0n) is 17.2. The molecule has 1 aliphatic rings. The van der Waals surface area contributed by atoms with Crippen molar-refractivity contribution in [3.63, 3.8) is 0 Å². The van der Waals surface area contributed by atoms with E-state index in [1.54, 1.807) is 27.6 Å². The molecule has 8 nitrogen and oxygen atoms in total. The fourth-order valence-corrected chi connectivity index (χ4v) is 3.13. The van der Waals surface area contributed by atoms with E-state index in [1.807, 2.05) is 0 Å². The van der Waals surface area contributed by atoms with Gasteiger partial charge in [-0.05, 0) is 35.3 Å². The first-order valence-electron chi connectivity index (χ1n) is 9.96. The average molecular weight is 366 g/mol. The summed E-state index contributed by atoms with van der Waals surface area (Å²) in [6, 6.07) is 2.81. The van der Waals surface area contributed by atoms with Gasteiger partial charge in [0.25, 0.3) is 11.9 Å². The Kier molecular flexibility index (Phi) is 2.91. The number of fused-ring (bicyclic) bond motifs is 2. The first-order chi connectivity index (χ1) is 14.5. The zero-order valence-corrected chi connectivity index (χ0v) is 14.2. The topological polar surface area (TPSA) is 98.9 Å². The Balaban J connectivity index is 1.66. The molecule has 136 valence electrons. The van der Waals surface area contributed by atoms with Gasteiger partial charge in [0.2, 0.25) is 0 Å². The lowest BCUT2D eigenvalue weighted by atomic mass is 10.1. The number of hydrogen-bond donors (Lipinski definition) is 1. The third-order valence-electron chi connectivity index (χ3n) is 4.50. The Morgan fingerprint density at radius 2 is 2.07 bits per heavy atom. The molecule has 8 heteroatoms. The number of benzene rings is 1. The smallest absolute Gasteiger partial charge is 0.292 e. The molecule has 27 heavy (non-hydrogen) atoms. The number of amides is 1. The molecule has 1 amide bonds. The first kappa shape index (κ1) is 12.9. The molecular weight excluding hydrogens is 346 g/mol. The molecular formula is C19H17N5O3. The number of carbonyl (C=O) groups is 1. The Bertz CT molecular complexity index is 1310. The zero-order chi connectivity index (χ0) is 21.0. The van der Waals surface area contributed by atoms with Crippen LogP contribution in [0.3, 0.4) is 0 Å². The maximum atomic E-state index is 13.0. The van der Waals surface area contributed by atoms with Crippen LogP contribution in [0.15, 0.2) is 47.1 Å². The Morgan fingerprint density at radius 1 is 1.22 bits per heavy atom. The minimum absolute atomic E-state index is 0.0122. The molecule has 1 fully saturated rings. The molecule has 0 radical (unpaired) electrons. The van der Waals surface area contributed by atoms with E-state index in [0.717, 1.165) is 0 Å². The predicted octanol–water partition coefficient (Wildman–Crippen LogP) is 2.20. The minimum atomic E-state index is -0.199. The lowest BCUT2D eigenvalue weighted by Gasteiger charge is -2.26. The van der Waals surface area contributed by atoms with Crippen LogP contribution in [0, 0.1) is 0 Å². The normalized spacial score (nSPS) is 16.4. The van der Waals surface area contributed by atoms with Gasteiger partial charge in [0.15, 0.2) is 5.58 Å². The van der Waals surface area contributed by atoms with Gasteiger partial charge in [0.1, 0.15) is 16.9 Å². The van der Waals surface area contributed by atoms with Gasteiger partial charge in [-0.15, -0.1) is 0 Å². The summed E-state index contributed by atoms with van der Waals surface area (Å²) in [6.45, 7) is 1.99. The van der Waals surface area contributed by atoms with Crippen LogP contribution in [-0.4, -0.2) is 51.5 Å². The molecule has 4 heterocycles. The van der Waals surface area contributed by atoms with Gasteiger partial charge in [-0.25, -0.2) is 4.98 Å². The number of anilines is 1. The van der Waals surface area contributed by atoms with Crippen LogP contribution in [0.1, 0.15) is 14.6 Å². The highest BCUT2D eigenvalue weighted by Crippen LogP contribution is 2.26. The van der Waals surface area contributed by atoms with E-state index >= 15 is 0 Å². The quantitative estimate of drug-likeness (QED) is 0.584. The van der Waals surface area contributed by atoms with Crippen molar-refractivity contribution in [3.8, 4) is 11.1 Å². The average Bonchev–Trinajstić information content (AvgIpc) is 3.36. The highest BCUT2D eigenvalue weighted by atomic mass is 16.5. The maximum absolute atomic E-state index is 13.0. The van der Waals surface area contributed by atoms with Crippen molar-refractivity contribution in [1.82, 2.24) is 19.3 Å². The van der Waals surface area contributed by atoms with Crippen LogP contribution < -0.4 is 5.73 Å². The largest absolute Gasteiger partial charge is 0.424 e. The van der Waals surface area contributed by atoms with Crippen molar-refractivity contribution in [1.29, 1.82) is 0 Å². The standard InChI is InChI=1S/C19H17N5O3/c20-19-22-14-9-12(1-3-16(14)27-19)13-2-4-17-21-10-15(24(17)11-13)18(25)23-5-7-26-8-6-23/h1-4,9-11H,5-8H2,(H2,20,22)/i1D,3D,9D. The number of pyridine rings is 1. The number of aromatic nitrogens is 3. The lowest BCUT2D eigenvalue weighted by Crippen LogP contribution is -2.41. The molecule has 0 saturated carbocycles. The van der Waals surface area contributed by atoms with E-state index in [9.17, 15) is 4.79 Å². The van der Waals surface area contributed by atoms with E-state index in [2.05, 4.69) is 9.97 Å². The molecule has 1 aromatic carbocycles. The Labute approximate surface area is 158 Å². The number of rotatable bonds is 2. The van der Waals surface area contributed by atoms with Crippen LogP contribution in [0.4, 0.5) is 6.01 Å². The summed E-state index contributed by atoms with van der Waals surface area (Å²) in [5.41, 5.74) is 7.36. The Hall–Kier alpha value is -3.39. The summed E-state index contributed by atoms with van der Waals surface area (Å²) < 4.78 is 37.2. The molecule has 5 rings (SSSR count). The number of nitrogen functional groups attached to an aromatic ring is 1. The third-order valence-corrected chi connectivity index (χ3v) is 4.50. The van der Waals surface area contributed by atoms with Crippen molar-refractivity contribution in [2.75, 3.05) is 32.0 Å². The van der Waals surface area contributed by atoms with E-state index in [-0.39, 0.29) is 46.7 Å². The fraction of sp³-hybridized carbons (Fsp3) is 0.211. The van der Waals surface area contributed by atoms with Crippen LogP contribution >= 0.6 is 0 Å². The van der Waals surface area contributed by atoms with Gasteiger partial charge >= 0.3 is 0 Å². The van der Waals surface area contributed by atoms with Crippen LogP contribution in [0.2, 0.25) is 0 Å². The molecule has 3 aromatic heterocycles. The second kappa shape index (κ2) is 6.10.